The number of benzene rings is 1. The molecule has 1 N–H and O–H groups in total. The minimum atomic E-state index is -4.89. The van der Waals surface area contributed by atoms with Crippen molar-refractivity contribution in [1.29, 1.82) is 0 Å². The van der Waals surface area contributed by atoms with Crippen molar-refractivity contribution >= 4 is 5.78 Å². The van der Waals surface area contributed by atoms with Crippen molar-refractivity contribution in [2.75, 3.05) is 7.11 Å². The summed E-state index contributed by atoms with van der Waals surface area (Å²) in [5.41, 5.74) is -0.0828. The molecule has 1 heterocycles. The van der Waals surface area contributed by atoms with E-state index in [1.54, 1.807) is 0 Å². The number of carbonyl (C=O) groups excluding carboxylic acids is 1. The van der Waals surface area contributed by atoms with Crippen LogP contribution in [0.1, 0.15) is 16.8 Å². The van der Waals surface area contributed by atoms with Gasteiger partial charge in [-0.25, -0.2) is 8.78 Å². The number of fused-ring (bicyclic) bond motifs is 1. The first-order valence-electron chi connectivity index (χ1n) is 5.50. The van der Waals surface area contributed by atoms with Crippen LogP contribution in [0.2, 0.25) is 0 Å². The van der Waals surface area contributed by atoms with Crippen LogP contribution in [-0.2, 0) is 0 Å². The molecule has 0 aromatic heterocycles. The molecule has 0 bridgehead atoms. The Bertz CT molecular complexity index is 546. The van der Waals surface area contributed by atoms with Crippen LogP contribution >= 0.6 is 0 Å². The third-order valence-electron chi connectivity index (χ3n) is 2.96. The minimum absolute atomic E-state index is 0.0828. The van der Waals surface area contributed by atoms with Crippen LogP contribution in [0.5, 0.6) is 11.5 Å². The molecule has 0 amide bonds. The molecular weight excluding hydrogens is 284 g/mol. The Kier molecular flexibility index (Phi) is 3.37. The lowest BCUT2D eigenvalue weighted by molar-refractivity contribution is -0.316. The van der Waals surface area contributed by atoms with E-state index in [4.69, 9.17) is 4.74 Å². The third-order valence-corrected chi connectivity index (χ3v) is 2.96. The number of halogens is 4. The van der Waals surface area contributed by atoms with E-state index < -0.39 is 36.1 Å². The highest BCUT2D eigenvalue weighted by Gasteiger charge is 2.64. The van der Waals surface area contributed by atoms with Crippen molar-refractivity contribution < 1.29 is 36.9 Å². The molecular formula is C12H10F4O4. The van der Waals surface area contributed by atoms with Crippen LogP contribution in [0.25, 0.3) is 0 Å². The van der Waals surface area contributed by atoms with E-state index >= 15 is 0 Å². The molecule has 2 rings (SSSR count). The third kappa shape index (κ3) is 2.09. The first-order valence-corrected chi connectivity index (χ1v) is 5.50. The Hall–Kier alpha value is -1.83. The molecule has 0 radical (unpaired) electrons. The second kappa shape index (κ2) is 4.62. The van der Waals surface area contributed by atoms with Gasteiger partial charge in [0.05, 0.1) is 19.1 Å². The molecule has 110 valence electrons. The molecule has 0 unspecified atom stereocenters. The topological polar surface area (TPSA) is 55.8 Å². The Morgan fingerprint density at radius 2 is 2.10 bits per heavy atom. The zero-order valence-corrected chi connectivity index (χ0v) is 10.2. The van der Waals surface area contributed by atoms with Crippen LogP contribution in [0.15, 0.2) is 18.2 Å². The van der Waals surface area contributed by atoms with Gasteiger partial charge >= 0.3 is 12.3 Å². The first-order chi connectivity index (χ1) is 9.21. The molecule has 1 aliphatic rings. The van der Waals surface area contributed by atoms with E-state index in [1.807, 2.05) is 0 Å². The quantitative estimate of drug-likeness (QED) is 0.869. The Morgan fingerprint density at radius 1 is 1.45 bits per heavy atom. The fraction of sp³-hybridized carbons (Fsp3) is 0.417. The lowest BCUT2D eigenvalue weighted by atomic mass is 9.94. The Labute approximate surface area is 110 Å². The predicted octanol–water partition coefficient (Wildman–Crippen LogP) is 2.25. The van der Waals surface area contributed by atoms with Crippen LogP contribution < -0.4 is 9.47 Å². The predicted molar refractivity (Wildman–Crippen MR) is 58.5 cm³/mol. The van der Waals surface area contributed by atoms with Crippen LogP contribution in [0, 0.1) is 0 Å². The molecule has 1 aromatic carbocycles. The standard InChI is InChI=1S/C12H10F4O4/c1-19-6-2-3-7-8(17)5-11(18,20-9(7)4-6)12(15,16)10(13)14/h2-4,10,18H,5H2,1H3/t11-/m0/s1. The maximum Gasteiger partial charge on any atom is 0.371 e. The Morgan fingerprint density at radius 3 is 2.65 bits per heavy atom. The number of alkyl halides is 4. The summed E-state index contributed by atoms with van der Waals surface area (Å²) in [5.74, 6) is -9.65. The molecule has 1 aliphatic heterocycles. The summed E-state index contributed by atoms with van der Waals surface area (Å²) in [5, 5.41) is 9.64. The van der Waals surface area contributed by atoms with Gasteiger partial charge in [0.2, 0.25) is 0 Å². The highest BCUT2D eigenvalue weighted by Crippen LogP contribution is 2.44. The molecule has 0 spiro atoms. The fourth-order valence-electron chi connectivity index (χ4n) is 1.83. The summed E-state index contributed by atoms with van der Waals surface area (Å²) < 4.78 is 60.8. The summed E-state index contributed by atoms with van der Waals surface area (Å²) in [6.07, 6.45) is -5.43. The molecule has 0 aliphatic carbocycles. The van der Waals surface area contributed by atoms with Gasteiger partial charge in [0.15, 0.2) is 5.78 Å². The second-order valence-electron chi connectivity index (χ2n) is 4.27. The summed E-state index contributed by atoms with van der Waals surface area (Å²) in [6, 6.07) is 3.70. The van der Waals surface area contributed by atoms with E-state index in [1.165, 1.54) is 19.2 Å². The number of hydrogen-bond acceptors (Lipinski definition) is 4. The highest BCUT2D eigenvalue weighted by molar-refractivity contribution is 6.00. The van der Waals surface area contributed by atoms with Crippen molar-refractivity contribution in [3.8, 4) is 11.5 Å². The zero-order valence-electron chi connectivity index (χ0n) is 10.2. The molecule has 0 saturated heterocycles. The van der Waals surface area contributed by atoms with Crippen LogP contribution in [0.4, 0.5) is 17.6 Å². The zero-order chi connectivity index (χ0) is 15.1. The summed E-state index contributed by atoms with van der Waals surface area (Å²) in [6.45, 7) is 0. The van der Waals surface area contributed by atoms with E-state index in [0.29, 0.717) is 0 Å². The van der Waals surface area contributed by atoms with Crippen molar-refractivity contribution in [3.63, 3.8) is 0 Å². The number of rotatable bonds is 3. The number of methoxy groups -OCH3 is 1. The number of hydrogen-bond donors (Lipinski definition) is 1. The molecule has 4 nitrogen and oxygen atoms in total. The largest absolute Gasteiger partial charge is 0.497 e. The maximum absolute atomic E-state index is 13.4. The molecule has 1 aromatic rings. The SMILES string of the molecule is COc1ccc2c(c1)O[C@](O)(C(F)(F)C(F)F)CC2=O. The average Bonchev–Trinajstić information content (AvgIpc) is 2.37. The molecule has 0 saturated carbocycles. The van der Waals surface area contributed by atoms with E-state index in [9.17, 15) is 27.5 Å². The summed E-state index contributed by atoms with van der Waals surface area (Å²) in [7, 11) is 1.28. The number of Topliss-reactive ketones (excluding diaryl/α,β-unsaturated/α-hetero) is 1. The number of carbonyl (C=O) groups is 1. The van der Waals surface area contributed by atoms with Crippen molar-refractivity contribution in [2.24, 2.45) is 0 Å². The molecule has 8 heteroatoms. The van der Waals surface area contributed by atoms with E-state index in [0.717, 1.165) is 6.07 Å². The normalized spacial score (nSPS) is 22.4. The monoisotopic (exact) mass is 294 g/mol. The van der Waals surface area contributed by atoms with Crippen LogP contribution in [-0.4, -0.2) is 36.1 Å². The van der Waals surface area contributed by atoms with Gasteiger partial charge < -0.3 is 14.6 Å². The average molecular weight is 294 g/mol. The first kappa shape index (κ1) is 14.6. The van der Waals surface area contributed by atoms with Crippen molar-refractivity contribution in [2.45, 2.75) is 24.6 Å². The smallest absolute Gasteiger partial charge is 0.371 e. The maximum atomic E-state index is 13.4. The van der Waals surface area contributed by atoms with Gasteiger partial charge in [-0.2, -0.15) is 8.78 Å². The molecule has 1 atom stereocenters. The summed E-state index contributed by atoms with van der Waals surface area (Å²) >= 11 is 0. The molecule has 20 heavy (non-hydrogen) atoms. The van der Waals surface area contributed by atoms with Gasteiger partial charge in [-0.1, -0.05) is 0 Å². The summed E-state index contributed by atoms with van der Waals surface area (Å²) in [4.78, 5) is 11.7. The molecule has 0 fully saturated rings. The fourth-order valence-corrected chi connectivity index (χ4v) is 1.83. The van der Waals surface area contributed by atoms with E-state index in [-0.39, 0.29) is 11.3 Å². The van der Waals surface area contributed by atoms with E-state index in [2.05, 4.69) is 4.74 Å². The van der Waals surface area contributed by atoms with Gasteiger partial charge in [0.1, 0.15) is 11.5 Å². The van der Waals surface area contributed by atoms with Gasteiger partial charge in [0, 0.05) is 6.07 Å². The lowest BCUT2D eigenvalue weighted by Gasteiger charge is -2.38. The Balaban J connectivity index is 2.46. The second-order valence-corrected chi connectivity index (χ2v) is 4.27. The van der Waals surface area contributed by atoms with Crippen molar-refractivity contribution in [3.05, 3.63) is 23.8 Å². The van der Waals surface area contributed by atoms with Gasteiger partial charge in [-0.15, -0.1) is 0 Å². The minimum Gasteiger partial charge on any atom is -0.497 e. The van der Waals surface area contributed by atoms with Gasteiger partial charge in [-0.05, 0) is 12.1 Å². The van der Waals surface area contributed by atoms with Gasteiger partial charge in [0.25, 0.3) is 5.79 Å². The van der Waals surface area contributed by atoms with Crippen LogP contribution in [0.3, 0.4) is 0 Å². The highest BCUT2D eigenvalue weighted by atomic mass is 19.3. The number of ether oxygens (including phenoxy) is 2. The number of ketones is 1. The van der Waals surface area contributed by atoms with Gasteiger partial charge in [-0.3, -0.25) is 4.79 Å². The number of aliphatic hydroxyl groups is 1. The van der Waals surface area contributed by atoms with Crippen molar-refractivity contribution in [1.82, 2.24) is 0 Å². The lowest BCUT2D eigenvalue weighted by Crippen LogP contribution is -2.59.